The number of halogens is 3. The molecule has 1 aliphatic carbocycles. The maximum atomic E-state index is 16.2. The zero-order valence-electron chi connectivity index (χ0n) is 32.8. The third-order valence-electron chi connectivity index (χ3n) is 12.2. The Kier molecular flexibility index (Phi) is 10.2. The monoisotopic (exact) mass is 811 g/mol. The summed E-state index contributed by atoms with van der Waals surface area (Å²) in [6.45, 7) is 3.43. The van der Waals surface area contributed by atoms with Crippen LogP contribution < -0.4 is 16.3 Å². The van der Waals surface area contributed by atoms with Crippen LogP contribution in [-0.4, -0.2) is 77.2 Å². The molecule has 3 aliphatic rings. The molecule has 8 rings (SSSR count). The summed E-state index contributed by atoms with van der Waals surface area (Å²) in [4.78, 5) is 56.7. The average Bonchev–Trinajstić information content (AvgIpc) is 3.72. The van der Waals surface area contributed by atoms with E-state index in [-0.39, 0.29) is 58.9 Å². The van der Waals surface area contributed by atoms with E-state index in [1.54, 1.807) is 30.9 Å². The van der Waals surface area contributed by atoms with Crippen molar-refractivity contribution in [1.29, 1.82) is 5.26 Å². The van der Waals surface area contributed by atoms with Gasteiger partial charge >= 0.3 is 5.69 Å². The lowest BCUT2D eigenvalue weighted by molar-refractivity contribution is -0.135. The second kappa shape index (κ2) is 15.1. The number of likely N-dealkylation sites (tertiary alicyclic amines) is 1. The number of rotatable bonds is 8. The highest BCUT2D eigenvalue weighted by atomic mass is 19.3. The number of benzene rings is 2. The van der Waals surface area contributed by atoms with E-state index < -0.39 is 59.3 Å². The molecule has 14 nitrogen and oxygen atoms in total. The molecular formula is C42H44F3N9O5. The van der Waals surface area contributed by atoms with Gasteiger partial charge in [0, 0.05) is 60.8 Å². The van der Waals surface area contributed by atoms with Crippen molar-refractivity contribution >= 4 is 45.3 Å². The summed E-state index contributed by atoms with van der Waals surface area (Å²) in [5.74, 6) is -7.09. The number of hydrogen-bond acceptors (Lipinski definition) is 9. The number of alkyl halides is 2. The van der Waals surface area contributed by atoms with Gasteiger partial charge in [-0.1, -0.05) is 0 Å². The highest BCUT2D eigenvalue weighted by Gasteiger charge is 2.48. The molecule has 3 aromatic heterocycles. The predicted molar refractivity (Wildman–Crippen MR) is 210 cm³/mol. The largest absolute Gasteiger partial charge is 0.386 e. The number of aliphatic hydroxyl groups is 1. The Morgan fingerprint density at radius 2 is 1.85 bits per heavy atom. The molecule has 59 heavy (non-hydrogen) atoms. The van der Waals surface area contributed by atoms with Crippen LogP contribution >= 0.6 is 0 Å². The number of amides is 3. The first-order chi connectivity index (χ1) is 28.0. The van der Waals surface area contributed by atoms with Gasteiger partial charge in [-0.3, -0.25) is 43.4 Å². The van der Waals surface area contributed by atoms with Crippen molar-refractivity contribution in [2.24, 2.45) is 13.0 Å². The lowest BCUT2D eigenvalue weighted by Crippen LogP contribution is -2.49. The number of nitrogens with one attached hydrogen (secondary N) is 2. The summed E-state index contributed by atoms with van der Waals surface area (Å²) in [6.07, 6.45) is 7.77. The highest BCUT2D eigenvalue weighted by molar-refractivity contribution is 6.06. The molecule has 3 N–H and O–H groups in total. The van der Waals surface area contributed by atoms with Crippen LogP contribution in [0.2, 0.25) is 0 Å². The molecule has 17 heteroatoms. The topological polar surface area (TPSA) is 180 Å². The quantitative estimate of drug-likeness (QED) is 0.173. The maximum Gasteiger partial charge on any atom is 0.329 e. The predicted octanol–water partition coefficient (Wildman–Crippen LogP) is 5.41. The van der Waals surface area contributed by atoms with Gasteiger partial charge < -0.3 is 10.4 Å². The number of aromatic nitrogens is 5. The van der Waals surface area contributed by atoms with Crippen LogP contribution in [0.3, 0.4) is 0 Å². The minimum atomic E-state index is -3.32. The van der Waals surface area contributed by atoms with E-state index in [0.29, 0.717) is 29.9 Å². The van der Waals surface area contributed by atoms with Crippen LogP contribution in [0.5, 0.6) is 0 Å². The van der Waals surface area contributed by atoms with Crippen molar-refractivity contribution in [3.63, 3.8) is 0 Å². The van der Waals surface area contributed by atoms with Gasteiger partial charge in [-0.2, -0.15) is 10.4 Å². The Hall–Kier alpha value is -5.86. The summed E-state index contributed by atoms with van der Waals surface area (Å²) in [6, 6.07) is 8.36. The first kappa shape index (κ1) is 39.9. The molecule has 308 valence electrons. The van der Waals surface area contributed by atoms with E-state index in [4.69, 9.17) is 5.10 Å². The van der Waals surface area contributed by atoms with Gasteiger partial charge in [0.05, 0.1) is 51.8 Å². The van der Waals surface area contributed by atoms with E-state index in [0.717, 1.165) is 41.7 Å². The number of carbonyl (C=O) groups is 3. The number of aryl methyl sites for hydroxylation is 1. The third-order valence-corrected chi connectivity index (χ3v) is 12.2. The first-order valence-electron chi connectivity index (χ1n) is 19.8. The molecule has 5 heterocycles. The molecule has 0 unspecified atom stereocenters. The van der Waals surface area contributed by atoms with Crippen molar-refractivity contribution < 1.29 is 32.7 Å². The standard InChI is InChI=1S/C42H44F3N9O5/c1-41(2,59)29-16-31-26(15-32(29)48-38(56)25-14-24(17-46)18-47-19-25)21-53(50-31)27-6-4-23(5-7-27)20-52-13-12-28(42(44,45)22-52)36-30(43)8-9-33-37(36)51(3)40(58)54(33)34-10-11-35(55)49-39(34)57/h8-9,14-16,18-19,21,23,27-28,34,59H,4-7,10-13,20,22H2,1-3H3,(H,48,56)(H,49,55,57)/t23?,27?,28-,34-/m0/s1. The van der Waals surface area contributed by atoms with E-state index in [1.165, 1.54) is 36.1 Å². The molecule has 2 aromatic carbocycles. The fourth-order valence-corrected chi connectivity index (χ4v) is 9.23. The summed E-state index contributed by atoms with van der Waals surface area (Å²) < 4.78 is 52.2. The second-order valence-electron chi connectivity index (χ2n) is 16.7. The number of hydrogen-bond donors (Lipinski definition) is 3. The zero-order chi connectivity index (χ0) is 42.0. The van der Waals surface area contributed by atoms with Gasteiger partial charge in [0.25, 0.3) is 11.8 Å². The lowest BCUT2D eigenvalue weighted by atomic mass is 9.82. The summed E-state index contributed by atoms with van der Waals surface area (Å²) in [5, 5.41) is 30.9. The Morgan fingerprint density at radius 3 is 2.54 bits per heavy atom. The normalized spacial score (nSPS) is 22.7. The molecule has 2 saturated heterocycles. The van der Waals surface area contributed by atoms with E-state index >= 15 is 13.2 Å². The molecule has 3 amide bonds. The van der Waals surface area contributed by atoms with Crippen LogP contribution in [0.4, 0.5) is 18.9 Å². The Bertz CT molecular complexity index is 2610. The number of pyridine rings is 1. The van der Waals surface area contributed by atoms with Crippen molar-refractivity contribution in [2.45, 2.75) is 88.3 Å². The number of fused-ring (bicyclic) bond motifs is 2. The maximum absolute atomic E-state index is 16.2. The molecule has 2 atom stereocenters. The van der Waals surface area contributed by atoms with Gasteiger partial charge in [-0.15, -0.1) is 0 Å². The van der Waals surface area contributed by atoms with Crippen LogP contribution in [0.1, 0.15) is 104 Å². The fourth-order valence-electron chi connectivity index (χ4n) is 9.23. The summed E-state index contributed by atoms with van der Waals surface area (Å²) >= 11 is 0. The first-order valence-corrected chi connectivity index (χ1v) is 19.8. The number of nitriles is 1. The summed E-state index contributed by atoms with van der Waals surface area (Å²) in [5.41, 5.74) is -0.0622. The number of carbonyl (C=O) groups excluding carboxylic acids is 3. The van der Waals surface area contributed by atoms with Crippen molar-refractivity contribution in [1.82, 2.24) is 34.1 Å². The number of imidazole rings is 1. The third kappa shape index (κ3) is 7.51. The molecule has 2 aliphatic heterocycles. The minimum Gasteiger partial charge on any atom is -0.386 e. The Balaban J connectivity index is 0.940. The van der Waals surface area contributed by atoms with Gasteiger partial charge in [-0.25, -0.2) is 18.0 Å². The van der Waals surface area contributed by atoms with Crippen molar-refractivity contribution in [3.05, 3.63) is 87.5 Å². The van der Waals surface area contributed by atoms with Crippen LogP contribution in [-0.2, 0) is 22.2 Å². The SMILES string of the molecule is Cn1c(=O)n([C@H]2CCC(=O)NC2=O)c2ccc(F)c([C@@H]3CCN(CC4CCC(n5cc6cc(NC(=O)c7cncc(C#N)c7)c(C(C)(C)O)cc6n5)CC4)CC3(F)F)c21. The molecular weight excluding hydrogens is 768 g/mol. The highest BCUT2D eigenvalue weighted by Crippen LogP contribution is 2.45. The van der Waals surface area contributed by atoms with Gasteiger partial charge in [0.15, 0.2) is 0 Å². The number of piperidine rings is 2. The molecule has 5 aromatic rings. The lowest BCUT2D eigenvalue weighted by Gasteiger charge is -2.41. The van der Waals surface area contributed by atoms with Gasteiger partial charge in [0.1, 0.15) is 17.9 Å². The van der Waals surface area contributed by atoms with Gasteiger partial charge in [0.2, 0.25) is 11.8 Å². The molecule has 0 bridgehead atoms. The average molecular weight is 812 g/mol. The number of nitrogens with zero attached hydrogens (tertiary/aromatic N) is 7. The number of imide groups is 1. The van der Waals surface area contributed by atoms with Gasteiger partial charge in [-0.05, 0) is 95.2 Å². The van der Waals surface area contributed by atoms with E-state index in [9.17, 15) is 29.5 Å². The Morgan fingerprint density at radius 1 is 1.08 bits per heavy atom. The zero-order valence-corrected chi connectivity index (χ0v) is 32.8. The smallest absolute Gasteiger partial charge is 0.329 e. The van der Waals surface area contributed by atoms with Crippen molar-refractivity contribution in [3.8, 4) is 6.07 Å². The summed E-state index contributed by atoms with van der Waals surface area (Å²) in [7, 11) is 1.38. The second-order valence-corrected chi connectivity index (χ2v) is 16.7. The van der Waals surface area contributed by atoms with Crippen molar-refractivity contribution in [2.75, 3.05) is 25.0 Å². The number of anilines is 1. The Labute approximate surface area is 336 Å². The van der Waals surface area contributed by atoms with E-state index in [1.807, 2.05) is 16.9 Å². The van der Waals surface area contributed by atoms with Crippen LogP contribution in [0.25, 0.3) is 21.9 Å². The molecule has 1 saturated carbocycles. The van der Waals surface area contributed by atoms with Crippen LogP contribution in [0, 0.1) is 23.1 Å². The molecule has 0 radical (unpaired) electrons. The molecule has 0 spiro atoms. The van der Waals surface area contributed by atoms with Crippen LogP contribution in [0.15, 0.2) is 53.7 Å². The fraction of sp³-hybridized carbons (Fsp3) is 0.452. The molecule has 3 fully saturated rings. The van der Waals surface area contributed by atoms with E-state index in [2.05, 4.69) is 15.6 Å². The minimum absolute atomic E-state index is 0.0149.